The zero-order chi connectivity index (χ0) is 11.5. The van der Waals surface area contributed by atoms with Crippen molar-refractivity contribution in [2.75, 3.05) is 0 Å². The summed E-state index contributed by atoms with van der Waals surface area (Å²) in [5.41, 5.74) is 0. The van der Waals surface area contributed by atoms with Crippen LogP contribution in [0.5, 0.6) is 5.75 Å². The van der Waals surface area contributed by atoms with Crippen LogP contribution in [0.25, 0.3) is 0 Å². The number of hydrogen-bond donors (Lipinski definition) is 1. The number of halogens is 2. The second kappa shape index (κ2) is 5.05. The van der Waals surface area contributed by atoms with Gasteiger partial charge in [0.05, 0.1) is 0 Å². The van der Waals surface area contributed by atoms with E-state index in [1.165, 1.54) is 17.8 Å². The fourth-order valence-corrected chi connectivity index (χ4v) is 2.47. The van der Waals surface area contributed by atoms with E-state index in [2.05, 4.69) is 22.6 Å². The van der Waals surface area contributed by atoms with Gasteiger partial charge in [-0.15, -0.1) is 0 Å². The average Bonchev–Trinajstić information content (AvgIpc) is 2.25. The minimum Gasteiger partial charge on any atom is -0.508 e. The molecule has 0 fully saturated rings. The van der Waals surface area contributed by atoms with Crippen LogP contribution in [-0.2, 0) is 0 Å². The van der Waals surface area contributed by atoms with Crippen LogP contribution in [0.2, 0.25) is 0 Å². The molecular weight excluding hydrogens is 338 g/mol. The van der Waals surface area contributed by atoms with E-state index in [0.717, 1.165) is 8.47 Å². The Bertz CT molecular complexity index is 499. The van der Waals surface area contributed by atoms with Crippen molar-refractivity contribution in [3.8, 4) is 5.75 Å². The first-order chi connectivity index (χ1) is 7.65. The molecule has 0 amide bonds. The molecule has 0 aromatic heterocycles. The summed E-state index contributed by atoms with van der Waals surface area (Å²) in [6.07, 6.45) is 0. The Morgan fingerprint density at radius 1 is 1.06 bits per heavy atom. The van der Waals surface area contributed by atoms with Gasteiger partial charge >= 0.3 is 0 Å². The largest absolute Gasteiger partial charge is 0.508 e. The molecule has 1 nitrogen and oxygen atoms in total. The highest BCUT2D eigenvalue weighted by atomic mass is 127. The standard InChI is InChI=1S/C12H8FIOS/c13-11-7-8(14)1-6-12(11)16-10-4-2-9(15)3-5-10/h1-7,15H. The average molecular weight is 346 g/mol. The van der Waals surface area contributed by atoms with Crippen molar-refractivity contribution in [1.82, 2.24) is 0 Å². The molecule has 0 aliphatic rings. The smallest absolute Gasteiger partial charge is 0.138 e. The van der Waals surface area contributed by atoms with Crippen molar-refractivity contribution < 1.29 is 9.50 Å². The number of rotatable bonds is 2. The first-order valence-electron chi connectivity index (χ1n) is 4.57. The van der Waals surface area contributed by atoms with Crippen LogP contribution in [0.3, 0.4) is 0 Å². The van der Waals surface area contributed by atoms with Gasteiger partial charge in [-0.05, 0) is 65.1 Å². The number of phenols is 1. The molecule has 0 heterocycles. The van der Waals surface area contributed by atoms with Crippen molar-refractivity contribution in [3.05, 3.63) is 51.9 Å². The van der Waals surface area contributed by atoms with E-state index in [0.29, 0.717) is 4.90 Å². The molecule has 0 aliphatic carbocycles. The van der Waals surface area contributed by atoms with Crippen LogP contribution < -0.4 is 0 Å². The highest BCUT2D eigenvalue weighted by Gasteiger charge is 2.04. The lowest BCUT2D eigenvalue weighted by molar-refractivity contribution is 0.475. The zero-order valence-electron chi connectivity index (χ0n) is 8.15. The van der Waals surface area contributed by atoms with E-state index in [-0.39, 0.29) is 11.6 Å². The molecular formula is C12H8FIOS. The molecule has 0 saturated carbocycles. The van der Waals surface area contributed by atoms with E-state index in [1.807, 2.05) is 6.07 Å². The number of benzene rings is 2. The summed E-state index contributed by atoms with van der Waals surface area (Å²) < 4.78 is 14.4. The SMILES string of the molecule is Oc1ccc(Sc2ccc(I)cc2F)cc1. The summed E-state index contributed by atoms with van der Waals surface area (Å²) in [4.78, 5) is 1.49. The van der Waals surface area contributed by atoms with Gasteiger partial charge in [-0.25, -0.2) is 4.39 Å². The van der Waals surface area contributed by atoms with Gasteiger partial charge < -0.3 is 5.11 Å². The van der Waals surface area contributed by atoms with Crippen molar-refractivity contribution in [3.63, 3.8) is 0 Å². The topological polar surface area (TPSA) is 20.2 Å². The minimum absolute atomic E-state index is 0.215. The molecule has 0 atom stereocenters. The van der Waals surface area contributed by atoms with Gasteiger partial charge in [0.2, 0.25) is 0 Å². The fraction of sp³-hybridized carbons (Fsp3) is 0. The predicted molar refractivity (Wildman–Crippen MR) is 71.3 cm³/mol. The quantitative estimate of drug-likeness (QED) is 0.819. The van der Waals surface area contributed by atoms with E-state index >= 15 is 0 Å². The zero-order valence-corrected chi connectivity index (χ0v) is 11.1. The Balaban J connectivity index is 2.23. The van der Waals surface area contributed by atoms with Crippen LogP contribution in [0.4, 0.5) is 4.39 Å². The molecule has 4 heteroatoms. The fourth-order valence-electron chi connectivity index (χ4n) is 1.20. The number of hydrogen-bond acceptors (Lipinski definition) is 2. The molecule has 82 valence electrons. The lowest BCUT2D eigenvalue weighted by Crippen LogP contribution is -1.82. The van der Waals surface area contributed by atoms with Crippen LogP contribution >= 0.6 is 34.4 Å². The maximum absolute atomic E-state index is 13.5. The highest BCUT2D eigenvalue weighted by molar-refractivity contribution is 14.1. The van der Waals surface area contributed by atoms with Crippen LogP contribution in [-0.4, -0.2) is 5.11 Å². The van der Waals surface area contributed by atoms with E-state index < -0.39 is 0 Å². The van der Waals surface area contributed by atoms with Crippen molar-refractivity contribution >= 4 is 34.4 Å². The van der Waals surface area contributed by atoms with Crippen LogP contribution in [0.1, 0.15) is 0 Å². The maximum atomic E-state index is 13.5. The summed E-state index contributed by atoms with van der Waals surface area (Å²) in [5, 5.41) is 9.13. The van der Waals surface area contributed by atoms with Gasteiger partial charge in [0.25, 0.3) is 0 Å². The molecule has 0 unspecified atom stereocenters. The Morgan fingerprint density at radius 3 is 2.38 bits per heavy atom. The molecule has 2 aromatic carbocycles. The molecule has 0 radical (unpaired) electrons. The Morgan fingerprint density at radius 2 is 1.75 bits per heavy atom. The van der Waals surface area contributed by atoms with Gasteiger partial charge in [-0.3, -0.25) is 0 Å². The van der Waals surface area contributed by atoms with E-state index in [4.69, 9.17) is 5.11 Å². The molecule has 2 aromatic rings. The summed E-state index contributed by atoms with van der Waals surface area (Å²) in [6, 6.07) is 11.8. The molecule has 2 rings (SSSR count). The van der Waals surface area contributed by atoms with Gasteiger partial charge in [0.15, 0.2) is 0 Å². The third-order valence-electron chi connectivity index (χ3n) is 1.96. The van der Waals surface area contributed by atoms with Crippen molar-refractivity contribution in [2.45, 2.75) is 9.79 Å². The number of aromatic hydroxyl groups is 1. The van der Waals surface area contributed by atoms with Gasteiger partial charge in [-0.1, -0.05) is 11.8 Å². The highest BCUT2D eigenvalue weighted by Crippen LogP contribution is 2.31. The summed E-state index contributed by atoms with van der Waals surface area (Å²) in [6.45, 7) is 0. The second-order valence-electron chi connectivity index (χ2n) is 3.17. The monoisotopic (exact) mass is 346 g/mol. The number of phenolic OH excluding ortho intramolecular Hbond substituents is 1. The van der Waals surface area contributed by atoms with Gasteiger partial charge in [-0.2, -0.15) is 0 Å². The Kier molecular flexibility index (Phi) is 3.70. The van der Waals surface area contributed by atoms with E-state index in [9.17, 15) is 4.39 Å². The first-order valence-corrected chi connectivity index (χ1v) is 6.46. The molecule has 0 aliphatic heterocycles. The Labute approximate surface area is 111 Å². The molecule has 1 N–H and O–H groups in total. The third kappa shape index (κ3) is 2.89. The molecule has 16 heavy (non-hydrogen) atoms. The second-order valence-corrected chi connectivity index (χ2v) is 5.53. The minimum atomic E-state index is -0.218. The van der Waals surface area contributed by atoms with Crippen molar-refractivity contribution in [2.24, 2.45) is 0 Å². The predicted octanol–water partition coefficient (Wildman–Crippen LogP) is 4.29. The summed E-state index contributed by atoms with van der Waals surface area (Å²) in [7, 11) is 0. The van der Waals surface area contributed by atoms with Crippen LogP contribution in [0, 0.1) is 9.39 Å². The molecule has 0 saturated heterocycles. The summed E-state index contributed by atoms with van der Waals surface area (Å²) in [5.74, 6) is -0.00240. The van der Waals surface area contributed by atoms with Gasteiger partial charge in [0.1, 0.15) is 11.6 Å². The van der Waals surface area contributed by atoms with Crippen LogP contribution in [0.15, 0.2) is 52.3 Å². The lowest BCUT2D eigenvalue weighted by atomic mass is 10.3. The van der Waals surface area contributed by atoms with Gasteiger partial charge in [0, 0.05) is 13.4 Å². The van der Waals surface area contributed by atoms with E-state index in [1.54, 1.807) is 30.3 Å². The molecule has 0 spiro atoms. The lowest BCUT2D eigenvalue weighted by Gasteiger charge is -2.03. The Hall–Kier alpha value is -0.750. The first kappa shape index (κ1) is 11.7. The molecule has 0 bridgehead atoms. The van der Waals surface area contributed by atoms with Crippen molar-refractivity contribution in [1.29, 1.82) is 0 Å². The normalized spacial score (nSPS) is 10.4. The third-order valence-corrected chi connectivity index (χ3v) is 3.69. The maximum Gasteiger partial charge on any atom is 0.138 e. The summed E-state index contributed by atoms with van der Waals surface area (Å²) >= 11 is 3.42.